The van der Waals surface area contributed by atoms with Gasteiger partial charge in [-0.05, 0) is 32.2 Å². The van der Waals surface area contributed by atoms with E-state index in [1.807, 2.05) is 24.1 Å². The van der Waals surface area contributed by atoms with Crippen LogP contribution in [0.15, 0.2) is 33.9 Å². The van der Waals surface area contributed by atoms with E-state index in [0.717, 1.165) is 16.9 Å². The fraction of sp³-hybridized carbons (Fsp3) is 0.312. The molecule has 0 radical (unpaired) electrons. The molecule has 0 aliphatic heterocycles. The van der Waals surface area contributed by atoms with E-state index in [-0.39, 0.29) is 11.2 Å². The zero-order chi connectivity index (χ0) is 17.3. The number of hydrogen-bond donors (Lipinski definition) is 2. The quantitative estimate of drug-likeness (QED) is 0.732. The van der Waals surface area contributed by atoms with Crippen molar-refractivity contribution < 1.29 is 0 Å². The molecule has 0 fully saturated rings. The number of likely N-dealkylation sites (N-methyl/N-ethyl adjacent to an activating group) is 1. The van der Waals surface area contributed by atoms with Crippen LogP contribution in [-0.4, -0.2) is 38.0 Å². The summed E-state index contributed by atoms with van der Waals surface area (Å²) in [4.78, 5) is 36.1. The number of benzene rings is 1. The van der Waals surface area contributed by atoms with Gasteiger partial charge in [-0.3, -0.25) is 14.3 Å². The van der Waals surface area contributed by atoms with Crippen LogP contribution in [0.25, 0.3) is 11.0 Å². The summed E-state index contributed by atoms with van der Waals surface area (Å²) in [5.74, 6) is 0.805. The van der Waals surface area contributed by atoms with Crippen molar-refractivity contribution in [2.45, 2.75) is 20.0 Å². The molecule has 126 valence electrons. The summed E-state index contributed by atoms with van der Waals surface area (Å²) in [5.41, 5.74) is 1.64. The second kappa shape index (κ2) is 6.62. The van der Waals surface area contributed by atoms with Crippen LogP contribution in [0.3, 0.4) is 0 Å². The van der Waals surface area contributed by atoms with Crippen LogP contribution in [0.1, 0.15) is 11.5 Å². The van der Waals surface area contributed by atoms with Gasteiger partial charge in [0, 0.05) is 29.9 Å². The van der Waals surface area contributed by atoms with Crippen molar-refractivity contribution in [2.75, 3.05) is 13.6 Å². The summed E-state index contributed by atoms with van der Waals surface area (Å²) in [6.45, 7) is 3.12. The molecule has 24 heavy (non-hydrogen) atoms. The summed E-state index contributed by atoms with van der Waals surface area (Å²) < 4.78 is 1.20. The number of aromatic nitrogens is 4. The zero-order valence-electron chi connectivity index (χ0n) is 13.5. The molecule has 0 saturated heterocycles. The van der Waals surface area contributed by atoms with Crippen LogP contribution in [0.5, 0.6) is 0 Å². The predicted octanol–water partition coefficient (Wildman–Crippen LogP) is 1.51. The lowest BCUT2D eigenvalue weighted by Crippen LogP contribution is -2.38. The second-order valence-electron chi connectivity index (χ2n) is 5.83. The van der Waals surface area contributed by atoms with Crippen LogP contribution in [0, 0.1) is 6.92 Å². The van der Waals surface area contributed by atoms with Gasteiger partial charge in [0.05, 0.1) is 17.6 Å². The topological polar surface area (TPSA) is 86.8 Å². The lowest BCUT2D eigenvalue weighted by atomic mass is 10.3. The molecule has 2 N–H and O–H groups in total. The minimum absolute atomic E-state index is 0.289. The Balaban J connectivity index is 1.68. The molecule has 7 nitrogen and oxygen atoms in total. The van der Waals surface area contributed by atoms with E-state index in [1.165, 1.54) is 10.6 Å². The first-order valence-electron chi connectivity index (χ1n) is 7.56. The Morgan fingerprint density at radius 2 is 2.04 bits per heavy atom. The summed E-state index contributed by atoms with van der Waals surface area (Å²) in [6.07, 6.45) is 0. The average Bonchev–Trinajstić information content (AvgIpc) is 2.87. The van der Waals surface area contributed by atoms with Gasteiger partial charge in [-0.1, -0.05) is 11.6 Å². The minimum Gasteiger partial charge on any atom is -0.341 e. The number of rotatable bonds is 5. The van der Waals surface area contributed by atoms with Gasteiger partial charge >= 0.3 is 5.69 Å². The molecular formula is C16H18ClN5O2. The van der Waals surface area contributed by atoms with Crippen LogP contribution >= 0.6 is 11.6 Å². The van der Waals surface area contributed by atoms with Crippen molar-refractivity contribution in [3.63, 3.8) is 0 Å². The van der Waals surface area contributed by atoms with Crippen molar-refractivity contribution in [2.24, 2.45) is 0 Å². The highest BCUT2D eigenvalue weighted by atomic mass is 35.5. The van der Waals surface area contributed by atoms with E-state index < -0.39 is 0 Å². The predicted molar refractivity (Wildman–Crippen MR) is 93.5 cm³/mol. The third-order valence-corrected chi connectivity index (χ3v) is 4.01. The van der Waals surface area contributed by atoms with Crippen molar-refractivity contribution in [3.05, 3.63) is 61.6 Å². The first kappa shape index (κ1) is 16.5. The van der Waals surface area contributed by atoms with Crippen molar-refractivity contribution in [1.29, 1.82) is 0 Å². The third kappa shape index (κ3) is 3.58. The molecule has 2 aromatic heterocycles. The normalized spacial score (nSPS) is 11.5. The molecule has 1 aromatic carbocycles. The molecule has 0 unspecified atom stereocenters. The molecule has 3 rings (SSSR count). The summed E-state index contributed by atoms with van der Waals surface area (Å²) >= 11 is 5.97. The Morgan fingerprint density at radius 1 is 1.25 bits per heavy atom. The maximum atomic E-state index is 11.9. The lowest BCUT2D eigenvalue weighted by molar-refractivity contribution is 0.301. The summed E-state index contributed by atoms with van der Waals surface area (Å²) in [5, 5.41) is 0.657. The second-order valence-corrected chi connectivity index (χ2v) is 6.27. The largest absolute Gasteiger partial charge is 0.341 e. The Morgan fingerprint density at radius 3 is 2.79 bits per heavy atom. The van der Waals surface area contributed by atoms with Gasteiger partial charge in [-0.2, -0.15) is 0 Å². The molecule has 0 saturated carbocycles. The highest BCUT2D eigenvalue weighted by molar-refractivity contribution is 6.31. The zero-order valence-corrected chi connectivity index (χ0v) is 14.2. The highest BCUT2D eigenvalue weighted by Gasteiger charge is 2.08. The standard InChI is InChI=1S/C16H18ClN5O2/c1-10-7-15(23)22(16(24)18-10)6-5-21(2)9-14-19-12-4-3-11(17)8-13(12)20-14/h3-4,7-8H,5-6,9H2,1-2H3,(H,18,24)(H,19,20). The molecule has 0 atom stereocenters. The average molecular weight is 348 g/mol. The number of nitrogens with one attached hydrogen (secondary N) is 2. The van der Waals surface area contributed by atoms with Crippen molar-refractivity contribution in [3.8, 4) is 0 Å². The van der Waals surface area contributed by atoms with Gasteiger partial charge in [0.15, 0.2) is 0 Å². The molecule has 0 aliphatic carbocycles. The molecule has 0 amide bonds. The van der Waals surface area contributed by atoms with Crippen LogP contribution in [0.2, 0.25) is 5.02 Å². The fourth-order valence-electron chi connectivity index (χ4n) is 2.56. The summed E-state index contributed by atoms with van der Waals surface area (Å²) in [6, 6.07) is 6.92. The first-order valence-corrected chi connectivity index (χ1v) is 7.93. The molecule has 0 bridgehead atoms. The molecular weight excluding hydrogens is 330 g/mol. The van der Waals surface area contributed by atoms with E-state index in [9.17, 15) is 9.59 Å². The number of halogens is 1. The molecule has 2 heterocycles. The minimum atomic E-state index is -0.383. The maximum absolute atomic E-state index is 11.9. The van der Waals surface area contributed by atoms with E-state index in [4.69, 9.17) is 11.6 Å². The number of fused-ring (bicyclic) bond motifs is 1. The number of hydrogen-bond acceptors (Lipinski definition) is 4. The Labute approximate surface area is 142 Å². The third-order valence-electron chi connectivity index (χ3n) is 3.77. The molecule has 8 heteroatoms. The Hall–Kier alpha value is -2.38. The number of aromatic amines is 2. The van der Waals surface area contributed by atoms with Crippen LogP contribution in [0.4, 0.5) is 0 Å². The van der Waals surface area contributed by atoms with E-state index in [2.05, 4.69) is 15.0 Å². The van der Waals surface area contributed by atoms with E-state index >= 15 is 0 Å². The van der Waals surface area contributed by atoms with Crippen LogP contribution in [-0.2, 0) is 13.1 Å². The monoisotopic (exact) mass is 347 g/mol. The maximum Gasteiger partial charge on any atom is 0.328 e. The number of aryl methyl sites for hydroxylation is 1. The van der Waals surface area contributed by atoms with Gasteiger partial charge in [0.1, 0.15) is 5.82 Å². The highest BCUT2D eigenvalue weighted by Crippen LogP contribution is 2.17. The van der Waals surface area contributed by atoms with Crippen molar-refractivity contribution >= 4 is 22.6 Å². The van der Waals surface area contributed by atoms with E-state index in [1.54, 1.807) is 13.0 Å². The SMILES string of the molecule is Cc1cc(=O)n(CCN(C)Cc2nc3ccc(Cl)cc3[nH]2)c(=O)[nH]1. The van der Waals surface area contributed by atoms with E-state index in [0.29, 0.717) is 30.4 Å². The van der Waals surface area contributed by atoms with Crippen molar-refractivity contribution in [1.82, 2.24) is 24.4 Å². The fourth-order valence-corrected chi connectivity index (χ4v) is 2.73. The van der Waals surface area contributed by atoms with Gasteiger partial charge in [-0.15, -0.1) is 0 Å². The number of imidazole rings is 1. The molecule has 3 aromatic rings. The van der Waals surface area contributed by atoms with Gasteiger partial charge in [-0.25, -0.2) is 9.78 Å². The van der Waals surface area contributed by atoms with Gasteiger partial charge in [0.25, 0.3) is 5.56 Å². The Bertz CT molecular complexity index is 957. The molecule has 0 aliphatic rings. The summed E-state index contributed by atoms with van der Waals surface area (Å²) in [7, 11) is 1.91. The molecule has 0 spiro atoms. The number of H-pyrrole nitrogens is 2. The lowest BCUT2D eigenvalue weighted by Gasteiger charge is -2.15. The van der Waals surface area contributed by atoms with Crippen LogP contribution < -0.4 is 11.2 Å². The van der Waals surface area contributed by atoms with Gasteiger partial charge < -0.3 is 9.97 Å². The first-order chi connectivity index (χ1) is 11.4. The smallest absolute Gasteiger partial charge is 0.328 e. The van der Waals surface area contributed by atoms with Gasteiger partial charge in [0.2, 0.25) is 0 Å². The Kier molecular flexibility index (Phi) is 4.55. The number of nitrogens with zero attached hydrogens (tertiary/aromatic N) is 3.